The Morgan fingerprint density at radius 3 is 2.00 bits per heavy atom. The fourth-order valence-corrected chi connectivity index (χ4v) is 0.158. The van der Waals surface area contributed by atoms with Crippen LogP contribution in [-0.4, -0.2) is 19.4 Å². The van der Waals surface area contributed by atoms with Gasteiger partial charge in [0, 0.05) is 22.4 Å². The SMILES string of the molecule is CCS(=O)(=O)OO.[Ag]. The molecule has 1 N–H and O–H groups in total. The van der Waals surface area contributed by atoms with Crippen LogP contribution >= 0.6 is 0 Å². The van der Waals surface area contributed by atoms with E-state index in [1.807, 2.05) is 0 Å². The number of hydrogen-bond donors (Lipinski definition) is 1. The molecule has 4 nitrogen and oxygen atoms in total. The van der Waals surface area contributed by atoms with Gasteiger partial charge in [-0.3, -0.25) is 0 Å². The maximum atomic E-state index is 9.90. The maximum Gasteiger partial charge on any atom is 0.293 e. The van der Waals surface area contributed by atoms with Crippen LogP contribution in [0.2, 0.25) is 0 Å². The molecule has 0 fully saturated rings. The molecule has 0 aromatic carbocycles. The summed E-state index contributed by atoms with van der Waals surface area (Å²) in [5, 5.41) is 7.51. The predicted molar refractivity (Wildman–Crippen MR) is 23.2 cm³/mol. The van der Waals surface area contributed by atoms with Crippen LogP contribution < -0.4 is 0 Å². The van der Waals surface area contributed by atoms with E-state index in [-0.39, 0.29) is 28.1 Å². The summed E-state index contributed by atoms with van der Waals surface area (Å²) in [6.07, 6.45) is 0. The van der Waals surface area contributed by atoms with E-state index in [0.717, 1.165) is 0 Å². The smallest absolute Gasteiger partial charge is 0.235 e. The molecule has 55 valence electrons. The van der Waals surface area contributed by atoms with Crippen molar-refractivity contribution >= 4 is 10.1 Å². The summed E-state index contributed by atoms with van der Waals surface area (Å²) in [7, 11) is -3.60. The Labute approximate surface area is 63.4 Å². The van der Waals surface area contributed by atoms with E-state index in [2.05, 4.69) is 4.33 Å². The summed E-state index contributed by atoms with van der Waals surface area (Å²) in [6, 6.07) is 0. The Kier molecular flexibility index (Phi) is 6.40. The zero-order valence-electron chi connectivity index (χ0n) is 4.09. The van der Waals surface area contributed by atoms with Gasteiger partial charge in [0.25, 0.3) is 10.1 Å². The fourth-order valence-electron chi connectivity index (χ4n) is 0.0527. The summed E-state index contributed by atoms with van der Waals surface area (Å²) in [6.45, 7) is 1.37. The van der Waals surface area contributed by atoms with Crippen LogP contribution in [0.1, 0.15) is 6.92 Å². The van der Waals surface area contributed by atoms with Crippen LogP contribution in [0.25, 0.3) is 0 Å². The Hall–Kier alpha value is 0.610. The van der Waals surface area contributed by atoms with Gasteiger partial charge in [-0.05, 0) is 6.92 Å². The molecule has 0 aromatic rings. The minimum absolute atomic E-state index is 0. The van der Waals surface area contributed by atoms with Crippen LogP contribution in [0, 0.1) is 0 Å². The van der Waals surface area contributed by atoms with Crippen molar-refractivity contribution in [2.75, 3.05) is 5.75 Å². The second kappa shape index (κ2) is 4.49. The average molecular weight is 234 g/mol. The number of rotatable bonds is 2. The summed E-state index contributed by atoms with van der Waals surface area (Å²) >= 11 is 0. The maximum absolute atomic E-state index is 9.90. The Morgan fingerprint density at radius 1 is 1.62 bits per heavy atom. The minimum Gasteiger partial charge on any atom is -0.235 e. The van der Waals surface area contributed by atoms with Gasteiger partial charge in [-0.1, -0.05) is 0 Å². The molecule has 0 atom stereocenters. The van der Waals surface area contributed by atoms with Crippen molar-refractivity contribution in [1.82, 2.24) is 0 Å². The van der Waals surface area contributed by atoms with Crippen molar-refractivity contribution in [3.63, 3.8) is 0 Å². The molecule has 0 saturated heterocycles. The van der Waals surface area contributed by atoms with Gasteiger partial charge in [0.1, 0.15) is 0 Å². The summed E-state index contributed by atoms with van der Waals surface area (Å²) < 4.78 is 22.9. The summed E-state index contributed by atoms with van der Waals surface area (Å²) in [5.74, 6) is -0.205. The number of hydrogen-bond acceptors (Lipinski definition) is 4. The van der Waals surface area contributed by atoms with Crippen molar-refractivity contribution in [2.45, 2.75) is 6.92 Å². The zero-order chi connectivity index (χ0) is 5.91. The second-order valence-electron chi connectivity index (χ2n) is 0.921. The van der Waals surface area contributed by atoms with Crippen LogP contribution in [0.5, 0.6) is 0 Å². The molecule has 0 heterocycles. The Morgan fingerprint density at radius 2 is 2.00 bits per heavy atom. The molecule has 0 aliphatic heterocycles. The molecule has 0 spiro atoms. The van der Waals surface area contributed by atoms with Crippen molar-refractivity contribution in [1.29, 1.82) is 0 Å². The first-order chi connectivity index (χ1) is 3.12. The van der Waals surface area contributed by atoms with E-state index >= 15 is 0 Å². The summed E-state index contributed by atoms with van der Waals surface area (Å²) in [4.78, 5) is 0. The third-order valence-electron chi connectivity index (χ3n) is 0.467. The van der Waals surface area contributed by atoms with Gasteiger partial charge in [-0.25, -0.2) is 5.26 Å². The largest absolute Gasteiger partial charge is 0.293 e. The molecule has 6 heteroatoms. The summed E-state index contributed by atoms with van der Waals surface area (Å²) in [5.41, 5.74) is 0. The molecular weight excluding hydrogens is 228 g/mol. The molecule has 0 saturated carbocycles. The molecule has 0 aliphatic carbocycles. The van der Waals surface area contributed by atoms with Gasteiger partial charge in [0.05, 0.1) is 5.75 Å². The molecule has 1 radical (unpaired) electrons. The van der Waals surface area contributed by atoms with E-state index in [0.29, 0.717) is 0 Å². The molecule has 0 bridgehead atoms. The second-order valence-corrected chi connectivity index (χ2v) is 2.76. The zero-order valence-corrected chi connectivity index (χ0v) is 6.39. The van der Waals surface area contributed by atoms with Gasteiger partial charge in [0.2, 0.25) is 0 Å². The topological polar surface area (TPSA) is 63.6 Å². The van der Waals surface area contributed by atoms with E-state index in [4.69, 9.17) is 5.26 Å². The standard InChI is InChI=1S/C2H6O4S.Ag/c1-2-7(4,5)6-3;/h3H,2H2,1H3;. The van der Waals surface area contributed by atoms with E-state index in [1.54, 1.807) is 0 Å². The molecule has 0 aliphatic rings. The van der Waals surface area contributed by atoms with Gasteiger partial charge >= 0.3 is 0 Å². The molecule has 0 amide bonds. The Balaban J connectivity index is 0. The van der Waals surface area contributed by atoms with Crippen LogP contribution in [-0.2, 0) is 36.8 Å². The fraction of sp³-hybridized carbons (Fsp3) is 1.00. The monoisotopic (exact) mass is 233 g/mol. The van der Waals surface area contributed by atoms with Crippen molar-refractivity contribution < 1.29 is 40.4 Å². The van der Waals surface area contributed by atoms with Gasteiger partial charge in [-0.15, -0.1) is 4.33 Å². The normalized spacial score (nSPS) is 10.2. The molecule has 0 rings (SSSR count). The first kappa shape index (κ1) is 11.4. The first-order valence-corrected chi connectivity index (χ1v) is 3.26. The van der Waals surface area contributed by atoms with Crippen molar-refractivity contribution in [3.8, 4) is 0 Å². The molecular formula is C2H6AgO4S. The van der Waals surface area contributed by atoms with E-state index < -0.39 is 10.1 Å². The van der Waals surface area contributed by atoms with E-state index in [9.17, 15) is 8.42 Å². The molecule has 8 heavy (non-hydrogen) atoms. The third-order valence-corrected chi connectivity index (χ3v) is 1.40. The minimum atomic E-state index is -3.60. The Bertz CT molecular complexity index is 117. The van der Waals surface area contributed by atoms with Gasteiger partial charge in [0.15, 0.2) is 0 Å². The molecule has 0 unspecified atom stereocenters. The third kappa shape index (κ3) is 4.76. The van der Waals surface area contributed by atoms with Crippen LogP contribution in [0.15, 0.2) is 0 Å². The van der Waals surface area contributed by atoms with Crippen molar-refractivity contribution in [2.24, 2.45) is 0 Å². The van der Waals surface area contributed by atoms with Gasteiger partial charge in [-0.2, -0.15) is 8.42 Å². The predicted octanol–water partition coefficient (Wildman–Crippen LogP) is -0.177. The average Bonchev–Trinajstić information content (AvgIpc) is 1.68. The first-order valence-electron chi connectivity index (χ1n) is 1.68. The quantitative estimate of drug-likeness (QED) is 0.409. The van der Waals surface area contributed by atoms with E-state index in [1.165, 1.54) is 6.92 Å². The van der Waals surface area contributed by atoms with Gasteiger partial charge < -0.3 is 0 Å². The molecule has 0 aromatic heterocycles. The van der Waals surface area contributed by atoms with Crippen molar-refractivity contribution in [3.05, 3.63) is 0 Å². The van der Waals surface area contributed by atoms with Crippen LogP contribution in [0.3, 0.4) is 0 Å². The van der Waals surface area contributed by atoms with Crippen LogP contribution in [0.4, 0.5) is 0 Å².